The number of rotatable bonds is 5. The van der Waals surface area contributed by atoms with Crippen molar-refractivity contribution in [3.05, 3.63) is 0 Å². The van der Waals surface area contributed by atoms with Gasteiger partial charge in [-0.25, -0.2) is 0 Å². The molecule has 2 aliphatic rings. The zero-order valence-corrected chi connectivity index (χ0v) is 11.7. The average Bonchev–Trinajstić information content (AvgIpc) is 2.76. The number of nitrogens with one attached hydrogen (secondary N) is 1. The van der Waals surface area contributed by atoms with Gasteiger partial charge in [0.25, 0.3) is 0 Å². The van der Waals surface area contributed by atoms with E-state index >= 15 is 0 Å². The van der Waals surface area contributed by atoms with Gasteiger partial charge < -0.3 is 11.1 Å². The van der Waals surface area contributed by atoms with Crippen molar-refractivity contribution in [2.45, 2.75) is 64.1 Å². The maximum atomic E-state index is 11.5. The van der Waals surface area contributed by atoms with Crippen LogP contribution in [0.1, 0.15) is 46.0 Å². The molecule has 4 heteroatoms. The second-order valence-electron chi connectivity index (χ2n) is 6.17. The number of amides is 1. The van der Waals surface area contributed by atoms with Crippen LogP contribution < -0.4 is 11.1 Å². The van der Waals surface area contributed by atoms with Crippen LogP contribution in [0.25, 0.3) is 0 Å². The third-order valence-electron chi connectivity index (χ3n) is 4.40. The Hall–Kier alpha value is -0.610. The summed E-state index contributed by atoms with van der Waals surface area (Å²) in [6, 6.07) is 0.797. The first-order valence-electron chi connectivity index (χ1n) is 7.37. The number of carbonyl (C=O) groups is 1. The van der Waals surface area contributed by atoms with E-state index in [9.17, 15) is 4.79 Å². The molecule has 1 saturated heterocycles. The highest BCUT2D eigenvalue weighted by Gasteiger charge is 2.36. The zero-order valence-electron chi connectivity index (χ0n) is 11.7. The smallest absolute Gasteiger partial charge is 0.235 e. The molecule has 0 aromatic heterocycles. The largest absolute Gasteiger partial charge is 0.368 e. The maximum absolute atomic E-state index is 11.5. The molecule has 4 nitrogen and oxygen atoms in total. The van der Waals surface area contributed by atoms with Crippen molar-refractivity contribution in [3.8, 4) is 0 Å². The molecule has 0 aromatic carbocycles. The van der Waals surface area contributed by atoms with Gasteiger partial charge in [0.2, 0.25) is 5.91 Å². The lowest BCUT2D eigenvalue weighted by molar-refractivity contribution is -0.121. The molecule has 2 fully saturated rings. The molecule has 3 unspecified atom stereocenters. The third-order valence-corrected chi connectivity index (χ3v) is 4.40. The van der Waals surface area contributed by atoms with Crippen molar-refractivity contribution < 1.29 is 4.79 Å². The topological polar surface area (TPSA) is 58.4 Å². The summed E-state index contributed by atoms with van der Waals surface area (Å²) < 4.78 is 0. The fourth-order valence-corrected chi connectivity index (χ4v) is 3.65. The average molecular weight is 253 g/mol. The van der Waals surface area contributed by atoms with E-state index in [4.69, 9.17) is 5.73 Å². The van der Waals surface area contributed by atoms with Gasteiger partial charge in [-0.15, -0.1) is 0 Å². The van der Waals surface area contributed by atoms with E-state index in [2.05, 4.69) is 24.1 Å². The summed E-state index contributed by atoms with van der Waals surface area (Å²) in [4.78, 5) is 14.0. The second-order valence-corrected chi connectivity index (χ2v) is 6.17. The summed E-state index contributed by atoms with van der Waals surface area (Å²) in [5.41, 5.74) is 5.51. The number of primary amides is 1. The van der Waals surface area contributed by atoms with Crippen molar-refractivity contribution in [1.82, 2.24) is 10.2 Å². The van der Waals surface area contributed by atoms with Crippen LogP contribution in [0.3, 0.4) is 0 Å². The van der Waals surface area contributed by atoms with Gasteiger partial charge in [0.1, 0.15) is 0 Å². The standard InChI is InChI=1S/C14H27N3O/c1-10(2)16-12(14(15)18)9-17-8-4-6-11-5-3-7-13(11)17/h10-13,16H,3-9H2,1-2H3,(H2,15,18). The Labute approximate surface area is 110 Å². The molecule has 3 atom stereocenters. The zero-order chi connectivity index (χ0) is 13.1. The van der Waals surface area contributed by atoms with E-state index in [0.717, 1.165) is 19.0 Å². The van der Waals surface area contributed by atoms with Crippen molar-refractivity contribution in [2.24, 2.45) is 11.7 Å². The Morgan fingerprint density at radius 2 is 2.06 bits per heavy atom. The Bertz CT molecular complexity index is 293. The lowest BCUT2D eigenvalue weighted by atomic mass is 9.91. The molecule has 1 aliphatic carbocycles. The SMILES string of the molecule is CC(C)NC(CN1CCCC2CCCC21)C(N)=O. The van der Waals surface area contributed by atoms with E-state index in [-0.39, 0.29) is 11.9 Å². The van der Waals surface area contributed by atoms with E-state index in [1.54, 1.807) is 0 Å². The van der Waals surface area contributed by atoms with E-state index in [1.807, 2.05) is 0 Å². The molecule has 2 rings (SSSR count). The highest BCUT2D eigenvalue weighted by molar-refractivity contribution is 5.80. The van der Waals surface area contributed by atoms with Crippen LogP contribution in [0.5, 0.6) is 0 Å². The minimum absolute atomic E-state index is 0.204. The Morgan fingerprint density at radius 3 is 2.72 bits per heavy atom. The van der Waals surface area contributed by atoms with Crippen molar-refractivity contribution in [2.75, 3.05) is 13.1 Å². The Kier molecular flexibility index (Phi) is 4.62. The van der Waals surface area contributed by atoms with Gasteiger partial charge in [0.15, 0.2) is 0 Å². The van der Waals surface area contributed by atoms with Gasteiger partial charge in [-0.05, 0) is 38.1 Å². The predicted molar refractivity (Wildman–Crippen MR) is 73.2 cm³/mol. The second kappa shape index (κ2) is 6.02. The highest BCUT2D eigenvalue weighted by atomic mass is 16.1. The third kappa shape index (κ3) is 3.23. The van der Waals surface area contributed by atoms with Crippen molar-refractivity contribution in [1.29, 1.82) is 0 Å². The molecular weight excluding hydrogens is 226 g/mol. The number of likely N-dealkylation sites (tertiary alicyclic amines) is 1. The fraction of sp³-hybridized carbons (Fsp3) is 0.929. The molecule has 1 amide bonds. The number of nitrogens with two attached hydrogens (primary N) is 1. The molecule has 0 bridgehead atoms. The van der Waals surface area contributed by atoms with E-state index in [0.29, 0.717) is 12.1 Å². The van der Waals surface area contributed by atoms with Crippen molar-refractivity contribution >= 4 is 5.91 Å². The Morgan fingerprint density at radius 1 is 1.33 bits per heavy atom. The molecular formula is C14H27N3O. The van der Waals surface area contributed by atoms with Gasteiger partial charge in [-0.1, -0.05) is 20.3 Å². The minimum Gasteiger partial charge on any atom is -0.368 e. The maximum Gasteiger partial charge on any atom is 0.235 e. The molecule has 1 saturated carbocycles. The quantitative estimate of drug-likeness (QED) is 0.771. The van der Waals surface area contributed by atoms with E-state index < -0.39 is 0 Å². The molecule has 18 heavy (non-hydrogen) atoms. The van der Waals surface area contributed by atoms with Crippen LogP contribution in [0, 0.1) is 5.92 Å². The number of hydrogen-bond acceptors (Lipinski definition) is 3. The molecule has 3 N–H and O–H groups in total. The summed E-state index contributed by atoms with van der Waals surface area (Å²) in [6.07, 6.45) is 6.68. The van der Waals surface area contributed by atoms with Gasteiger partial charge in [0.05, 0.1) is 6.04 Å². The lowest BCUT2D eigenvalue weighted by Crippen LogP contribution is -2.55. The first kappa shape index (κ1) is 13.8. The number of hydrogen-bond donors (Lipinski definition) is 2. The van der Waals surface area contributed by atoms with Gasteiger partial charge in [-0.2, -0.15) is 0 Å². The number of nitrogens with zero attached hydrogens (tertiary/aromatic N) is 1. The van der Waals surface area contributed by atoms with Crippen LogP contribution in [-0.2, 0) is 4.79 Å². The van der Waals surface area contributed by atoms with Crippen LogP contribution in [-0.4, -0.2) is 42.0 Å². The Balaban J connectivity index is 1.95. The number of fused-ring (bicyclic) bond motifs is 1. The first-order valence-corrected chi connectivity index (χ1v) is 7.37. The van der Waals surface area contributed by atoms with Crippen molar-refractivity contribution in [3.63, 3.8) is 0 Å². The highest BCUT2D eigenvalue weighted by Crippen LogP contribution is 2.36. The molecule has 1 heterocycles. The minimum atomic E-state index is -0.219. The summed E-state index contributed by atoms with van der Waals surface area (Å²) >= 11 is 0. The lowest BCUT2D eigenvalue weighted by Gasteiger charge is -2.39. The number of piperidine rings is 1. The van der Waals surface area contributed by atoms with Gasteiger partial charge >= 0.3 is 0 Å². The van der Waals surface area contributed by atoms with E-state index in [1.165, 1.54) is 32.1 Å². The van der Waals surface area contributed by atoms with Crippen LogP contribution in [0.4, 0.5) is 0 Å². The van der Waals surface area contributed by atoms with Gasteiger partial charge in [-0.3, -0.25) is 9.69 Å². The molecule has 0 aromatic rings. The van der Waals surface area contributed by atoms with Crippen LogP contribution in [0.15, 0.2) is 0 Å². The molecule has 0 spiro atoms. The van der Waals surface area contributed by atoms with Crippen LogP contribution >= 0.6 is 0 Å². The summed E-state index contributed by atoms with van der Waals surface area (Å²) in [7, 11) is 0. The first-order chi connectivity index (χ1) is 8.58. The normalized spacial score (nSPS) is 30.4. The summed E-state index contributed by atoms with van der Waals surface area (Å²) in [5.74, 6) is 0.648. The predicted octanol–water partition coefficient (Wildman–Crippen LogP) is 1.10. The monoisotopic (exact) mass is 253 g/mol. The summed E-state index contributed by atoms with van der Waals surface area (Å²) in [6.45, 7) is 6.04. The van der Waals surface area contributed by atoms with Gasteiger partial charge in [0, 0.05) is 18.6 Å². The van der Waals surface area contributed by atoms with Crippen LogP contribution in [0.2, 0.25) is 0 Å². The summed E-state index contributed by atoms with van der Waals surface area (Å²) in [5, 5.41) is 3.29. The fourth-order valence-electron chi connectivity index (χ4n) is 3.65. The molecule has 1 aliphatic heterocycles. The number of carbonyl (C=O) groups excluding carboxylic acids is 1. The molecule has 104 valence electrons. The molecule has 0 radical (unpaired) electrons.